The molecule has 0 aromatic heterocycles. The molecule has 7 aromatic rings. The van der Waals surface area contributed by atoms with Crippen LogP contribution in [-0.4, -0.2) is 0 Å². The molecule has 0 spiro atoms. The molecule has 0 N–H and O–H groups in total. The Labute approximate surface area is 368 Å². The summed E-state index contributed by atoms with van der Waals surface area (Å²) in [5, 5.41) is 0. The first-order valence-corrected chi connectivity index (χ1v) is 22.1. The van der Waals surface area contributed by atoms with Crippen molar-refractivity contribution >= 4 is 0 Å². The van der Waals surface area contributed by atoms with Crippen molar-refractivity contribution in [3.05, 3.63) is 212 Å². The highest BCUT2D eigenvalue weighted by Crippen LogP contribution is 2.33. The second kappa shape index (κ2) is 28.1. The van der Waals surface area contributed by atoms with Gasteiger partial charge in [-0.15, -0.1) is 0 Å². The molecule has 0 bridgehead atoms. The summed E-state index contributed by atoms with van der Waals surface area (Å²) in [5.74, 6) is 0. The summed E-state index contributed by atoms with van der Waals surface area (Å²) in [6, 6.07) is 52.9. The van der Waals surface area contributed by atoms with Gasteiger partial charge >= 0.3 is 0 Å². The van der Waals surface area contributed by atoms with Gasteiger partial charge in [-0.2, -0.15) is 0 Å². The SMILES string of the molecule is CC.CC.CC.Cc1cc(C)cc(C)c1.Cc1cc(C)cc(C)c1.Cc1cc(C)cc(C)c1.Cc1ccc(-c2cc(-c3ccc(C)cc3)cc(-c3ccc(C)cc3)c2)cc1. The second-order valence-electron chi connectivity index (χ2n) is 15.4. The fourth-order valence-electron chi connectivity index (χ4n) is 6.97. The molecule has 0 nitrogen and oxygen atoms in total. The van der Waals surface area contributed by atoms with E-state index in [0.717, 1.165) is 0 Å². The minimum atomic E-state index is 1.25. The highest BCUT2D eigenvalue weighted by atomic mass is 14.1. The van der Waals surface area contributed by atoms with Crippen LogP contribution in [0.4, 0.5) is 0 Å². The lowest BCUT2D eigenvalue weighted by atomic mass is 9.92. The number of rotatable bonds is 3. The first kappa shape index (κ1) is 52.6. The van der Waals surface area contributed by atoms with E-state index < -0.39 is 0 Å². The van der Waals surface area contributed by atoms with Gasteiger partial charge in [0.05, 0.1) is 0 Å². The summed E-state index contributed by atoms with van der Waals surface area (Å²) >= 11 is 0. The van der Waals surface area contributed by atoms with E-state index in [0.29, 0.717) is 0 Å². The van der Waals surface area contributed by atoms with Crippen LogP contribution in [0.15, 0.2) is 146 Å². The van der Waals surface area contributed by atoms with Crippen molar-refractivity contribution in [2.24, 2.45) is 0 Å². The Morgan fingerprint density at radius 3 is 0.417 bits per heavy atom. The fourth-order valence-corrected chi connectivity index (χ4v) is 6.97. The number of hydrogen-bond acceptors (Lipinski definition) is 0. The van der Waals surface area contributed by atoms with E-state index in [1.165, 1.54) is 100 Å². The molecule has 0 atom stereocenters. The molecule has 0 aliphatic carbocycles. The van der Waals surface area contributed by atoms with Crippen LogP contribution in [0.3, 0.4) is 0 Å². The Morgan fingerprint density at radius 2 is 0.283 bits per heavy atom. The smallest absolute Gasteiger partial charge is 0.0172 e. The van der Waals surface area contributed by atoms with Crippen molar-refractivity contribution in [2.75, 3.05) is 0 Å². The molecule has 0 heterocycles. The number of hydrogen-bond donors (Lipinski definition) is 0. The van der Waals surface area contributed by atoms with Gasteiger partial charge in [0.2, 0.25) is 0 Å². The molecule has 0 unspecified atom stereocenters. The van der Waals surface area contributed by atoms with E-state index in [4.69, 9.17) is 0 Å². The van der Waals surface area contributed by atoms with Gasteiger partial charge in [0.25, 0.3) is 0 Å². The van der Waals surface area contributed by atoms with Crippen molar-refractivity contribution in [1.82, 2.24) is 0 Å². The second-order valence-corrected chi connectivity index (χ2v) is 15.4. The van der Waals surface area contributed by atoms with Crippen molar-refractivity contribution < 1.29 is 0 Å². The molecule has 60 heavy (non-hydrogen) atoms. The average Bonchev–Trinajstić information content (AvgIpc) is 3.20. The molecule has 0 radical (unpaired) electrons. The molecule has 7 aromatic carbocycles. The lowest BCUT2D eigenvalue weighted by Crippen LogP contribution is -1.87. The van der Waals surface area contributed by atoms with Gasteiger partial charge in [-0.3, -0.25) is 0 Å². The van der Waals surface area contributed by atoms with Crippen LogP contribution < -0.4 is 0 Å². The Balaban J connectivity index is 0.000000447. The molecule has 0 saturated heterocycles. The van der Waals surface area contributed by atoms with E-state index in [-0.39, 0.29) is 0 Å². The fraction of sp³-hybridized carbons (Fsp3) is 0.300. The van der Waals surface area contributed by atoms with Crippen LogP contribution in [0, 0.1) is 83.1 Å². The van der Waals surface area contributed by atoms with E-state index in [9.17, 15) is 0 Å². The summed E-state index contributed by atoms with van der Waals surface area (Å²) in [5.41, 5.74) is 23.6. The Bertz CT molecular complexity index is 1820. The van der Waals surface area contributed by atoms with Gasteiger partial charge in [-0.05, 0) is 135 Å². The van der Waals surface area contributed by atoms with Crippen LogP contribution in [-0.2, 0) is 0 Å². The summed E-state index contributed by atoms with van der Waals surface area (Å²) in [4.78, 5) is 0. The van der Waals surface area contributed by atoms with Gasteiger partial charge in [-0.1, -0.05) is 236 Å². The summed E-state index contributed by atoms with van der Waals surface area (Å²) in [7, 11) is 0. The highest BCUT2D eigenvalue weighted by molar-refractivity contribution is 5.81. The first-order valence-electron chi connectivity index (χ1n) is 22.1. The molecule has 0 aliphatic rings. The molecule has 0 amide bonds. The Morgan fingerprint density at radius 1 is 0.150 bits per heavy atom. The molecule has 0 fully saturated rings. The summed E-state index contributed by atoms with van der Waals surface area (Å²) < 4.78 is 0. The average molecular weight is 799 g/mol. The van der Waals surface area contributed by atoms with E-state index in [2.05, 4.69) is 229 Å². The predicted octanol–water partition coefficient (Wildman–Crippen LogP) is 18.5. The zero-order chi connectivity index (χ0) is 45.4. The maximum atomic E-state index is 2.30. The van der Waals surface area contributed by atoms with Crippen molar-refractivity contribution in [3.63, 3.8) is 0 Å². The first-order chi connectivity index (χ1) is 28.6. The largest absolute Gasteiger partial charge is 0.0683 e. The van der Waals surface area contributed by atoms with Gasteiger partial charge < -0.3 is 0 Å². The molecule has 0 saturated carbocycles. The number of benzene rings is 7. The molecule has 318 valence electrons. The molecule has 7 rings (SSSR count). The van der Waals surface area contributed by atoms with Crippen LogP contribution in [0.25, 0.3) is 33.4 Å². The minimum Gasteiger partial charge on any atom is -0.0683 e. The third kappa shape index (κ3) is 19.5. The summed E-state index contributed by atoms with van der Waals surface area (Å²) in [6.07, 6.45) is 0. The van der Waals surface area contributed by atoms with Crippen molar-refractivity contribution in [2.45, 2.75) is 125 Å². The van der Waals surface area contributed by atoms with E-state index >= 15 is 0 Å². The Kier molecular flexibility index (Phi) is 24.6. The van der Waals surface area contributed by atoms with Crippen LogP contribution >= 0.6 is 0 Å². The van der Waals surface area contributed by atoms with Gasteiger partial charge in [0.1, 0.15) is 0 Å². The molecule has 0 heteroatoms. The van der Waals surface area contributed by atoms with Gasteiger partial charge in [-0.25, -0.2) is 0 Å². The third-order valence-electron chi connectivity index (χ3n) is 9.19. The third-order valence-corrected chi connectivity index (χ3v) is 9.19. The molecule has 0 aliphatic heterocycles. The topological polar surface area (TPSA) is 0 Å². The maximum absolute atomic E-state index is 2.30. The lowest BCUT2D eigenvalue weighted by molar-refractivity contribution is 1.32. The zero-order valence-electron chi connectivity index (χ0n) is 40.9. The van der Waals surface area contributed by atoms with Crippen LogP contribution in [0.5, 0.6) is 0 Å². The maximum Gasteiger partial charge on any atom is -0.0172 e. The number of aryl methyl sites for hydroxylation is 12. The van der Waals surface area contributed by atoms with E-state index in [1.807, 2.05) is 41.5 Å². The predicted molar refractivity (Wildman–Crippen MR) is 273 cm³/mol. The normalized spacial score (nSPS) is 9.50. The molecular formula is C60H78. The highest BCUT2D eigenvalue weighted by Gasteiger charge is 2.08. The molecular weight excluding hydrogens is 721 g/mol. The lowest BCUT2D eigenvalue weighted by Gasteiger charge is -2.12. The van der Waals surface area contributed by atoms with Crippen LogP contribution in [0.2, 0.25) is 0 Å². The van der Waals surface area contributed by atoms with Crippen molar-refractivity contribution in [3.8, 4) is 33.4 Å². The monoisotopic (exact) mass is 799 g/mol. The minimum absolute atomic E-state index is 1.25. The van der Waals surface area contributed by atoms with Crippen LogP contribution in [0.1, 0.15) is 108 Å². The summed E-state index contributed by atoms with van der Waals surface area (Å²) in [6.45, 7) is 37.5. The standard InChI is InChI=1S/C27H24.3C9H12.3C2H6/c1-19-4-10-22(11-5-19)25-16-26(23-12-6-20(2)7-13-23)18-27(17-25)24-14-8-21(3)9-15-24;3*1-7-4-8(2)6-9(3)5-7;3*1-2/h4-18H,1-3H3;3*4-6H,1-3H3;3*1-2H3. The van der Waals surface area contributed by atoms with E-state index in [1.54, 1.807) is 0 Å². The Hall–Kier alpha value is -5.46. The zero-order valence-corrected chi connectivity index (χ0v) is 40.9. The van der Waals surface area contributed by atoms with Gasteiger partial charge in [0.15, 0.2) is 0 Å². The van der Waals surface area contributed by atoms with Gasteiger partial charge in [0, 0.05) is 0 Å². The quantitative estimate of drug-likeness (QED) is 0.167. The van der Waals surface area contributed by atoms with Crippen molar-refractivity contribution in [1.29, 1.82) is 0 Å².